The molecule has 8 unspecified atom stereocenters. The van der Waals surface area contributed by atoms with Gasteiger partial charge in [-0.2, -0.15) is 5.10 Å². The third-order valence-electron chi connectivity index (χ3n) is 13.7. The maximum Gasteiger partial charge on any atom is 0.251 e. The molecule has 7 N–H and O–H groups in total. The van der Waals surface area contributed by atoms with Crippen molar-refractivity contribution in [2.75, 3.05) is 13.6 Å². The fourth-order valence-corrected chi connectivity index (χ4v) is 9.69. The molecule has 1 aromatic heterocycles. The smallest absolute Gasteiger partial charge is 0.251 e. The maximum atomic E-state index is 14.7. The molecule has 356 valence electrons. The second kappa shape index (κ2) is 21.5. The Labute approximate surface area is 401 Å². The van der Waals surface area contributed by atoms with E-state index in [1.165, 1.54) is 42.4 Å². The molecule has 14 nitrogen and oxygen atoms in total. The highest BCUT2D eigenvalue weighted by Gasteiger charge is 2.46. The molecule has 8 atom stereocenters. The van der Waals surface area contributed by atoms with E-state index >= 15 is 0 Å². The van der Waals surface area contributed by atoms with E-state index < -0.39 is 47.7 Å². The van der Waals surface area contributed by atoms with Crippen LogP contribution < -0.4 is 16.4 Å². The number of fused-ring (bicyclic) bond motifs is 5. The van der Waals surface area contributed by atoms with E-state index in [4.69, 9.17) is 17.3 Å². The number of nitrogens with one attached hydrogen (secondary N) is 3. The van der Waals surface area contributed by atoms with Gasteiger partial charge in [-0.3, -0.25) is 33.9 Å². The molecule has 3 amide bonds. The summed E-state index contributed by atoms with van der Waals surface area (Å²) in [4.78, 5) is 85.8. The number of hydrogen-bond donors (Lipinski definition) is 6. The van der Waals surface area contributed by atoms with E-state index in [0.717, 1.165) is 11.1 Å². The molecule has 68 heavy (non-hydrogen) atoms. The van der Waals surface area contributed by atoms with Crippen LogP contribution in [-0.4, -0.2) is 86.1 Å². The Morgan fingerprint density at radius 1 is 0.882 bits per heavy atom. The highest BCUT2D eigenvalue weighted by Crippen LogP contribution is 2.48. The van der Waals surface area contributed by atoms with Crippen LogP contribution in [0.15, 0.2) is 97.2 Å². The van der Waals surface area contributed by atoms with Gasteiger partial charge in [-0.05, 0) is 141 Å². The third kappa shape index (κ3) is 11.4. The Morgan fingerprint density at radius 3 is 2.21 bits per heavy atom. The number of carbonyl (C=O) groups excluding carboxylic acids is 6. The van der Waals surface area contributed by atoms with Gasteiger partial charge in [0, 0.05) is 59.1 Å². The molecule has 5 aromatic rings. The summed E-state index contributed by atoms with van der Waals surface area (Å²) in [5, 5.41) is 35.5. The van der Waals surface area contributed by atoms with E-state index in [1.807, 2.05) is 19.1 Å². The van der Waals surface area contributed by atoms with Crippen LogP contribution in [0.2, 0.25) is 5.02 Å². The van der Waals surface area contributed by atoms with Crippen molar-refractivity contribution in [3.63, 3.8) is 0 Å². The minimum Gasteiger partial charge on any atom is -0.507 e. The van der Waals surface area contributed by atoms with Crippen LogP contribution in [0, 0.1) is 29.6 Å². The normalized spacial score (nSPS) is 21.3. The lowest BCUT2D eigenvalue weighted by Crippen LogP contribution is -2.52. The Hall–Kier alpha value is -6.64. The van der Waals surface area contributed by atoms with Gasteiger partial charge in [-0.15, -0.1) is 0 Å². The molecule has 1 aliphatic heterocycles. The maximum absolute atomic E-state index is 14.7. The summed E-state index contributed by atoms with van der Waals surface area (Å²) in [7, 11) is 1.44. The highest BCUT2D eigenvalue weighted by atomic mass is 35.5. The molecule has 7 rings (SSSR count). The molecule has 1 aliphatic carbocycles. The van der Waals surface area contributed by atoms with Crippen molar-refractivity contribution in [1.29, 1.82) is 0 Å². The van der Waals surface area contributed by atoms with Gasteiger partial charge >= 0.3 is 0 Å². The first kappa shape index (κ1) is 49.3. The molecule has 1 saturated carbocycles. The fraction of sp³-hybridized carbons (Fsp3) is 0.377. The number of halogens is 1. The molecule has 2 heterocycles. The predicted octanol–water partition coefficient (Wildman–Crippen LogP) is 7.62. The van der Waals surface area contributed by atoms with Gasteiger partial charge in [0.2, 0.25) is 11.8 Å². The van der Waals surface area contributed by atoms with Crippen LogP contribution in [0.5, 0.6) is 11.5 Å². The van der Waals surface area contributed by atoms with Crippen molar-refractivity contribution in [3.8, 4) is 33.8 Å². The number of amides is 3. The first-order chi connectivity index (χ1) is 32.5. The van der Waals surface area contributed by atoms with Gasteiger partial charge in [0.1, 0.15) is 35.1 Å². The number of aromatic nitrogens is 2. The van der Waals surface area contributed by atoms with Crippen molar-refractivity contribution in [2.24, 2.45) is 35.3 Å². The largest absolute Gasteiger partial charge is 0.507 e. The number of benzene rings is 4. The van der Waals surface area contributed by atoms with E-state index in [9.17, 15) is 39.0 Å². The van der Waals surface area contributed by atoms with E-state index in [1.54, 1.807) is 68.4 Å². The van der Waals surface area contributed by atoms with Crippen LogP contribution >= 0.6 is 11.6 Å². The highest BCUT2D eigenvalue weighted by molar-refractivity contribution is 6.30. The molecule has 0 saturated heterocycles. The number of nitrogens with two attached hydrogens (primary N) is 1. The van der Waals surface area contributed by atoms with Crippen LogP contribution in [-0.2, 0) is 25.6 Å². The van der Waals surface area contributed by atoms with Gasteiger partial charge in [0.05, 0.1) is 6.04 Å². The Kier molecular flexibility index (Phi) is 15.6. The molecule has 0 spiro atoms. The summed E-state index contributed by atoms with van der Waals surface area (Å²) >= 11 is 6.07. The molecular weight excluding hydrogens is 884 g/mol. The number of nitrogens with zero attached hydrogens (tertiary/aromatic N) is 2. The number of aromatic hydroxyl groups is 2. The number of Topliss-reactive ketones (excluding diaryl/α,β-unsaturated/α-hetero) is 3. The van der Waals surface area contributed by atoms with E-state index in [2.05, 4.69) is 20.8 Å². The van der Waals surface area contributed by atoms with E-state index in [-0.39, 0.29) is 89.0 Å². The monoisotopic (exact) mass is 942 g/mol. The average molecular weight is 944 g/mol. The molecule has 15 heteroatoms. The summed E-state index contributed by atoms with van der Waals surface area (Å²) in [5.74, 6) is -4.18. The summed E-state index contributed by atoms with van der Waals surface area (Å²) in [6.45, 7) is 5.52. The molecule has 4 bridgehead atoms. The number of unbranched alkanes of at least 4 members (excludes halogenated alkanes) is 1. The number of phenols is 2. The number of likely N-dealkylation sites (N-methyl/N-ethyl adjacent to an activating group) is 1. The number of rotatable bonds is 15. The minimum atomic E-state index is -1.38. The summed E-state index contributed by atoms with van der Waals surface area (Å²) in [5.41, 5.74) is 9.67. The van der Waals surface area contributed by atoms with Gasteiger partial charge in [-0.25, -0.2) is 0 Å². The zero-order valence-electron chi connectivity index (χ0n) is 38.7. The van der Waals surface area contributed by atoms with Gasteiger partial charge < -0.3 is 31.5 Å². The van der Waals surface area contributed by atoms with Crippen molar-refractivity contribution < 1.29 is 39.0 Å². The minimum absolute atomic E-state index is 0.00206. The van der Waals surface area contributed by atoms with Gasteiger partial charge in [0.15, 0.2) is 11.6 Å². The number of phenolic OH excluding ortho intramolecular Hbond substituents is 2. The first-order valence-corrected chi connectivity index (χ1v) is 23.6. The number of aromatic amines is 1. The zero-order valence-corrected chi connectivity index (χ0v) is 39.5. The second-order valence-electron chi connectivity index (χ2n) is 18.5. The standard InChI is InChI=1S/C53H59ClN6O8/c1-29-23-38(47(63)28-37-27-40(37)30(2)50(65)43-20-22-56-59-43)24-32-8-18-45(61)41(25-32)42-26-36(15-19-46(42)62)48(52(67)57-31(3)49(29)64)60(4)53(68)44(7-5-6-21-55)58-51(66)35-11-9-33(10-12-35)34-13-16-39(54)17-14-34/h8-20,22,25-26,29-31,37-38,40,44,48,61-62H,5-7,21,23-24,27-28,55H2,1-4H3,(H,56,59)(H,57,67)(H,58,66). The number of carbonyl (C=O) groups is 6. The Morgan fingerprint density at radius 2 is 1.54 bits per heavy atom. The SMILES string of the molecule is CC1CC(C(=O)CC2CC2C(C)C(=O)c2ccn[nH]2)Cc2ccc(O)c(c2)-c2cc(ccc2O)C(N(C)C(=O)C(CCCCN)NC(=O)c2ccc(-c3ccc(Cl)cc3)cc2)C(=O)NC(C)C1=O. The summed E-state index contributed by atoms with van der Waals surface area (Å²) < 4.78 is 0. The van der Waals surface area contributed by atoms with Crippen molar-refractivity contribution in [2.45, 2.75) is 83.8 Å². The van der Waals surface area contributed by atoms with Crippen LogP contribution in [0.25, 0.3) is 22.3 Å². The predicted molar refractivity (Wildman–Crippen MR) is 259 cm³/mol. The zero-order chi connectivity index (χ0) is 48.8. The number of H-pyrrole nitrogens is 1. The van der Waals surface area contributed by atoms with Crippen molar-refractivity contribution >= 4 is 46.7 Å². The van der Waals surface area contributed by atoms with Gasteiger partial charge in [0.25, 0.3) is 5.91 Å². The van der Waals surface area contributed by atoms with Crippen molar-refractivity contribution in [3.05, 3.63) is 125 Å². The molecule has 2 aliphatic rings. The first-order valence-electron chi connectivity index (χ1n) is 23.2. The lowest BCUT2D eigenvalue weighted by Gasteiger charge is -2.32. The average Bonchev–Trinajstić information content (AvgIpc) is 3.87. The van der Waals surface area contributed by atoms with Crippen molar-refractivity contribution in [1.82, 2.24) is 25.7 Å². The van der Waals surface area contributed by atoms with E-state index in [0.29, 0.717) is 47.7 Å². The Bertz CT molecular complexity index is 2650. The number of ketones is 3. The molecule has 0 radical (unpaired) electrons. The van der Waals surface area contributed by atoms with Crippen LogP contribution in [0.3, 0.4) is 0 Å². The fourth-order valence-electron chi connectivity index (χ4n) is 9.56. The summed E-state index contributed by atoms with van der Waals surface area (Å²) in [6, 6.07) is 21.6. The quantitative estimate of drug-likeness (QED) is 0.0445. The molecule has 4 aromatic carbocycles. The number of hydrogen-bond acceptors (Lipinski definition) is 10. The topological polar surface area (TPSA) is 225 Å². The third-order valence-corrected chi connectivity index (χ3v) is 13.9. The summed E-state index contributed by atoms with van der Waals surface area (Å²) in [6.07, 6.45) is 4.15. The lowest BCUT2D eigenvalue weighted by atomic mass is 9.82. The Balaban J connectivity index is 1.16. The van der Waals surface area contributed by atoms with Gasteiger partial charge in [-0.1, -0.05) is 61.8 Å². The van der Waals surface area contributed by atoms with Crippen LogP contribution in [0.4, 0.5) is 0 Å². The second-order valence-corrected chi connectivity index (χ2v) is 18.9. The molecule has 1 fully saturated rings. The van der Waals surface area contributed by atoms with Crippen LogP contribution in [0.1, 0.15) is 97.3 Å². The molecular formula is C53H59ClN6O8. The lowest BCUT2D eigenvalue weighted by molar-refractivity contribution is -0.141.